The molecule has 4 aromatic rings. The largest absolute Gasteiger partial charge is 0.363 e. The fourth-order valence-electron chi connectivity index (χ4n) is 3.95. The molecule has 0 spiro atoms. The van der Waals surface area contributed by atoms with E-state index >= 15 is 0 Å². The summed E-state index contributed by atoms with van der Waals surface area (Å²) in [4.78, 5) is 14.8. The van der Waals surface area contributed by atoms with E-state index in [2.05, 4.69) is 15.1 Å². The minimum Gasteiger partial charge on any atom is -0.363 e. The number of hydrogen-bond acceptors (Lipinski definition) is 6. The Kier molecular flexibility index (Phi) is 3.77. The van der Waals surface area contributed by atoms with Crippen molar-refractivity contribution >= 4 is 32.4 Å². The molecule has 0 amide bonds. The molecular formula is C19H18N6O3S. The highest BCUT2D eigenvalue weighted by Gasteiger charge is 2.24. The van der Waals surface area contributed by atoms with Gasteiger partial charge in [0.15, 0.2) is 5.82 Å². The summed E-state index contributed by atoms with van der Waals surface area (Å²) >= 11 is 0. The lowest BCUT2D eigenvalue weighted by molar-refractivity contribution is 0.597. The Morgan fingerprint density at radius 3 is 2.72 bits per heavy atom. The average molecular weight is 410 g/mol. The molecule has 0 radical (unpaired) electrons. The second-order valence-electron chi connectivity index (χ2n) is 7.14. The Morgan fingerprint density at radius 2 is 1.93 bits per heavy atom. The fourth-order valence-corrected chi connectivity index (χ4v) is 4.52. The molecule has 3 heterocycles. The number of primary sulfonamides is 1. The minimum absolute atomic E-state index is 0.117. The van der Waals surface area contributed by atoms with Gasteiger partial charge in [0.1, 0.15) is 0 Å². The van der Waals surface area contributed by atoms with Crippen LogP contribution >= 0.6 is 0 Å². The first kappa shape index (κ1) is 17.8. The number of sulfonamides is 1. The molecule has 9 nitrogen and oxygen atoms in total. The van der Waals surface area contributed by atoms with Gasteiger partial charge in [-0.1, -0.05) is 12.1 Å². The third kappa shape index (κ3) is 2.71. The zero-order valence-corrected chi connectivity index (χ0v) is 16.4. The number of rotatable bonds is 3. The Morgan fingerprint density at radius 1 is 1.14 bits per heavy atom. The molecule has 0 aliphatic carbocycles. The van der Waals surface area contributed by atoms with Crippen molar-refractivity contribution in [1.82, 2.24) is 19.2 Å². The van der Waals surface area contributed by atoms with Crippen LogP contribution in [-0.4, -0.2) is 34.1 Å². The number of aromatic nitrogens is 4. The van der Waals surface area contributed by atoms with Gasteiger partial charge in [-0.05, 0) is 42.3 Å². The normalized spacial score (nSPS) is 14.1. The summed E-state index contributed by atoms with van der Waals surface area (Å²) < 4.78 is 26.6. The predicted octanol–water partition coefficient (Wildman–Crippen LogP) is 0.791. The molecule has 0 bridgehead atoms. The summed E-state index contributed by atoms with van der Waals surface area (Å²) in [7, 11) is -2.05. The van der Waals surface area contributed by atoms with Crippen LogP contribution in [0.5, 0.6) is 0 Å². The van der Waals surface area contributed by atoms with Crippen molar-refractivity contribution in [2.24, 2.45) is 12.2 Å². The lowest BCUT2D eigenvalue weighted by Crippen LogP contribution is -2.23. The predicted molar refractivity (Wildman–Crippen MR) is 108 cm³/mol. The molecule has 0 saturated carbocycles. The molecule has 0 unspecified atom stereocenters. The van der Waals surface area contributed by atoms with Gasteiger partial charge in [0.05, 0.1) is 22.3 Å². The molecule has 2 aromatic heterocycles. The molecular weight excluding hydrogens is 392 g/mol. The minimum atomic E-state index is -3.73. The van der Waals surface area contributed by atoms with Crippen molar-refractivity contribution in [2.75, 3.05) is 11.4 Å². The SMILES string of the molecule is Cn1c(=O)c2ccccc2n2c(CN3CCc4cc(S(N)(=O)=O)ccc43)nnc12. The van der Waals surface area contributed by atoms with Gasteiger partial charge in [-0.15, -0.1) is 10.2 Å². The number of nitrogens with zero attached hydrogens (tertiary/aromatic N) is 5. The highest BCUT2D eigenvalue weighted by atomic mass is 32.2. The maximum atomic E-state index is 12.6. The summed E-state index contributed by atoms with van der Waals surface area (Å²) in [5, 5.41) is 14.4. The number of fused-ring (bicyclic) bond motifs is 4. The second-order valence-corrected chi connectivity index (χ2v) is 8.70. The molecule has 2 aromatic carbocycles. The highest BCUT2D eigenvalue weighted by molar-refractivity contribution is 7.89. The summed E-state index contributed by atoms with van der Waals surface area (Å²) in [5.74, 6) is 1.18. The van der Waals surface area contributed by atoms with Crippen molar-refractivity contribution in [3.8, 4) is 0 Å². The van der Waals surface area contributed by atoms with Crippen LogP contribution in [0.4, 0.5) is 5.69 Å². The number of aryl methyl sites for hydroxylation is 1. The van der Waals surface area contributed by atoms with Crippen molar-refractivity contribution in [3.05, 3.63) is 64.2 Å². The molecule has 10 heteroatoms. The Labute approximate surface area is 166 Å². The number of benzene rings is 2. The van der Waals surface area contributed by atoms with Gasteiger partial charge in [-0.3, -0.25) is 13.8 Å². The topological polar surface area (TPSA) is 116 Å². The molecule has 0 saturated heterocycles. The van der Waals surface area contributed by atoms with E-state index in [4.69, 9.17) is 5.14 Å². The standard InChI is InChI=1S/C19H18N6O3S/c1-23-18(26)14-4-2-3-5-16(14)25-17(21-22-19(23)25)11-24-9-8-12-10-13(29(20,27)28)6-7-15(12)24/h2-7,10H,8-9,11H2,1H3,(H2,20,27,28). The number of hydrogen-bond donors (Lipinski definition) is 1. The highest BCUT2D eigenvalue weighted by Crippen LogP contribution is 2.31. The van der Waals surface area contributed by atoms with Gasteiger partial charge in [0, 0.05) is 19.3 Å². The first-order chi connectivity index (χ1) is 13.8. The van der Waals surface area contributed by atoms with Gasteiger partial charge in [0.25, 0.3) is 5.56 Å². The molecule has 5 rings (SSSR count). The van der Waals surface area contributed by atoms with E-state index in [1.807, 2.05) is 22.6 Å². The van der Waals surface area contributed by atoms with Crippen LogP contribution < -0.4 is 15.6 Å². The molecule has 1 aliphatic heterocycles. The van der Waals surface area contributed by atoms with Gasteiger partial charge in [0.2, 0.25) is 15.8 Å². The summed E-state index contributed by atoms with van der Waals surface area (Å²) in [6.07, 6.45) is 0.717. The summed E-state index contributed by atoms with van der Waals surface area (Å²) in [5.41, 5.74) is 2.52. The molecule has 0 fully saturated rings. The zero-order valence-electron chi connectivity index (χ0n) is 15.6. The monoisotopic (exact) mass is 410 g/mol. The lowest BCUT2D eigenvalue weighted by atomic mass is 10.2. The van der Waals surface area contributed by atoms with E-state index < -0.39 is 10.0 Å². The van der Waals surface area contributed by atoms with Crippen LogP contribution in [-0.2, 0) is 30.0 Å². The summed E-state index contributed by atoms with van der Waals surface area (Å²) in [6, 6.07) is 12.3. The number of anilines is 1. The van der Waals surface area contributed by atoms with E-state index in [0.717, 1.165) is 23.3 Å². The van der Waals surface area contributed by atoms with Crippen LogP contribution in [0.2, 0.25) is 0 Å². The van der Waals surface area contributed by atoms with Crippen LogP contribution in [0.15, 0.2) is 52.2 Å². The van der Waals surface area contributed by atoms with Crippen molar-refractivity contribution < 1.29 is 8.42 Å². The van der Waals surface area contributed by atoms with Crippen LogP contribution in [0.1, 0.15) is 11.4 Å². The quantitative estimate of drug-likeness (QED) is 0.534. The Balaban J connectivity index is 1.61. The van der Waals surface area contributed by atoms with Crippen molar-refractivity contribution in [3.63, 3.8) is 0 Å². The molecule has 29 heavy (non-hydrogen) atoms. The van der Waals surface area contributed by atoms with Crippen molar-refractivity contribution in [2.45, 2.75) is 17.9 Å². The van der Waals surface area contributed by atoms with Gasteiger partial charge < -0.3 is 4.90 Å². The number of nitrogens with two attached hydrogens (primary N) is 1. The maximum Gasteiger partial charge on any atom is 0.262 e. The lowest BCUT2D eigenvalue weighted by Gasteiger charge is -2.19. The van der Waals surface area contributed by atoms with Gasteiger partial charge in [-0.2, -0.15) is 0 Å². The van der Waals surface area contributed by atoms with Crippen molar-refractivity contribution in [1.29, 1.82) is 0 Å². The zero-order chi connectivity index (χ0) is 20.3. The van der Waals surface area contributed by atoms with E-state index in [0.29, 0.717) is 30.0 Å². The van der Waals surface area contributed by atoms with Gasteiger partial charge in [-0.25, -0.2) is 13.6 Å². The van der Waals surface area contributed by atoms with Crippen LogP contribution in [0.25, 0.3) is 16.7 Å². The van der Waals surface area contributed by atoms with E-state index in [1.54, 1.807) is 25.2 Å². The maximum absolute atomic E-state index is 12.6. The fraction of sp³-hybridized carbons (Fsp3) is 0.211. The number of para-hydroxylation sites is 1. The van der Waals surface area contributed by atoms with E-state index in [9.17, 15) is 13.2 Å². The third-order valence-corrected chi connectivity index (χ3v) is 6.31. The molecule has 1 aliphatic rings. The molecule has 148 valence electrons. The van der Waals surface area contributed by atoms with Crippen LogP contribution in [0.3, 0.4) is 0 Å². The molecule has 0 atom stereocenters. The first-order valence-corrected chi connectivity index (χ1v) is 10.6. The van der Waals surface area contributed by atoms with E-state index in [-0.39, 0.29) is 10.5 Å². The molecule has 2 N–H and O–H groups in total. The van der Waals surface area contributed by atoms with Crippen LogP contribution in [0, 0.1) is 0 Å². The second kappa shape index (κ2) is 6.13. The smallest absolute Gasteiger partial charge is 0.262 e. The van der Waals surface area contributed by atoms with Gasteiger partial charge >= 0.3 is 0 Å². The Bertz CT molecular complexity index is 1450. The summed E-state index contributed by atoms with van der Waals surface area (Å²) in [6.45, 7) is 1.20. The average Bonchev–Trinajstić information content (AvgIpc) is 3.30. The first-order valence-electron chi connectivity index (χ1n) is 9.07. The van der Waals surface area contributed by atoms with E-state index in [1.165, 1.54) is 10.6 Å². The third-order valence-electron chi connectivity index (χ3n) is 5.40. The Hall–Kier alpha value is -3.24.